The van der Waals surface area contributed by atoms with E-state index >= 15 is 0 Å². The summed E-state index contributed by atoms with van der Waals surface area (Å²) >= 11 is 5.85. The van der Waals surface area contributed by atoms with Crippen molar-refractivity contribution in [3.05, 3.63) is 16.9 Å². The zero-order valence-electron chi connectivity index (χ0n) is 10.5. The van der Waals surface area contributed by atoms with E-state index in [4.69, 9.17) is 23.1 Å². The van der Waals surface area contributed by atoms with Crippen molar-refractivity contribution in [1.29, 1.82) is 0 Å². The molecule has 2 rings (SSSR count). The minimum atomic E-state index is -0.496. The molecular formula is C13H19ClFN3. The maximum Gasteiger partial charge on any atom is 0.169 e. The SMILES string of the molecule is CCC1CCN(c2c(N)cc(N)c(Cl)c2F)CC1. The minimum absolute atomic E-state index is 0.0307. The van der Waals surface area contributed by atoms with Gasteiger partial charge in [-0.05, 0) is 24.8 Å². The van der Waals surface area contributed by atoms with Gasteiger partial charge in [0.05, 0.1) is 17.1 Å². The van der Waals surface area contributed by atoms with Crippen LogP contribution in [0.25, 0.3) is 0 Å². The molecule has 4 N–H and O–H groups in total. The third-order valence-electron chi connectivity index (χ3n) is 3.75. The number of anilines is 3. The molecule has 0 unspecified atom stereocenters. The highest BCUT2D eigenvalue weighted by Gasteiger charge is 2.24. The van der Waals surface area contributed by atoms with Gasteiger partial charge >= 0.3 is 0 Å². The minimum Gasteiger partial charge on any atom is -0.397 e. The number of halogens is 2. The fraction of sp³-hybridized carbons (Fsp3) is 0.538. The summed E-state index contributed by atoms with van der Waals surface area (Å²) < 4.78 is 14.2. The van der Waals surface area contributed by atoms with Gasteiger partial charge in [-0.3, -0.25) is 0 Å². The molecule has 100 valence electrons. The summed E-state index contributed by atoms with van der Waals surface area (Å²) in [5.41, 5.74) is 12.4. The zero-order chi connectivity index (χ0) is 13.3. The van der Waals surface area contributed by atoms with Crippen molar-refractivity contribution < 1.29 is 4.39 Å². The van der Waals surface area contributed by atoms with Crippen LogP contribution >= 0.6 is 11.6 Å². The Bertz CT molecular complexity index is 442. The van der Waals surface area contributed by atoms with Crippen molar-refractivity contribution in [2.75, 3.05) is 29.5 Å². The van der Waals surface area contributed by atoms with Gasteiger partial charge in [-0.1, -0.05) is 24.9 Å². The first kappa shape index (κ1) is 13.3. The van der Waals surface area contributed by atoms with Gasteiger partial charge in [-0.25, -0.2) is 4.39 Å². The van der Waals surface area contributed by atoms with E-state index < -0.39 is 5.82 Å². The van der Waals surface area contributed by atoms with Gasteiger partial charge in [0, 0.05) is 13.1 Å². The van der Waals surface area contributed by atoms with Crippen LogP contribution < -0.4 is 16.4 Å². The van der Waals surface area contributed by atoms with Crippen LogP contribution in [0.2, 0.25) is 5.02 Å². The van der Waals surface area contributed by atoms with Crippen molar-refractivity contribution in [3.8, 4) is 0 Å². The van der Waals surface area contributed by atoms with E-state index in [2.05, 4.69) is 6.92 Å². The highest BCUT2D eigenvalue weighted by atomic mass is 35.5. The summed E-state index contributed by atoms with van der Waals surface area (Å²) in [6, 6.07) is 1.53. The lowest BCUT2D eigenvalue weighted by molar-refractivity contribution is 0.393. The average Bonchev–Trinajstić information content (AvgIpc) is 2.37. The maximum atomic E-state index is 14.2. The Morgan fingerprint density at radius 3 is 2.50 bits per heavy atom. The Balaban J connectivity index is 2.27. The number of benzene rings is 1. The lowest BCUT2D eigenvalue weighted by Gasteiger charge is -2.34. The van der Waals surface area contributed by atoms with Gasteiger partial charge in [0.1, 0.15) is 5.02 Å². The van der Waals surface area contributed by atoms with Gasteiger partial charge in [0.25, 0.3) is 0 Å². The maximum absolute atomic E-state index is 14.2. The first-order valence-corrected chi connectivity index (χ1v) is 6.70. The summed E-state index contributed by atoms with van der Waals surface area (Å²) in [5.74, 6) is 0.235. The molecule has 0 atom stereocenters. The van der Waals surface area contributed by atoms with Gasteiger partial charge < -0.3 is 16.4 Å². The standard InChI is InChI=1S/C13H19ClFN3/c1-2-8-3-5-18(6-4-8)13-10(17)7-9(16)11(14)12(13)15/h7-8H,2-6,16-17H2,1H3. The molecule has 5 heteroatoms. The molecule has 0 saturated carbocycles. The van der Waals surface area contributed by atoms with Crippen LogP contribution in [0.15, 0.2) is 6.07 Å². The Morgan fingerprint density at radius 1 is 1.33 bits per heavy atom. The molecule has 1 aromatic rings. The van der Waals surface area contributed by atoms with E-state index in [0.717, 1.165) is 31.8 Å². The predicted octanol–water partition coefficient (Wildman–Crippen LogP) is 3.27. The second-order valence-corrected chi connectivity index (χ2v) is 5.25. The number of rotatable bonds is 2. The van der Waals surface area contributed by atoms with Crippen LogP contribution in [0.5, 0.6) is 0 Å². The van der Waals surface area contributed by atoms with Gasteiger partial charge in [0.15, 0.2) is 5.82 Å². The summed E-state index contributed by atoms with van der Waals surface area (Å²) in [6.07, 6.45) is 3.31. The molecule has 0 radical (unpaired) electrons. The van der Waals surface area contributed by atoms with Gasteiger partial charge in [0.2, 0.25) is 0 Å². The van der Waals surface area contributed by atoms with E-state index in [1.165, 1.54) is 12.5 Å². The Morgan fingerprint density at radius 2 is 1.94 bits per heavy atom. The Hall–Kier alpha value is -1.16. The van der Waals surface area contributed by atoms with E-state index in [-0.39, 0.29) is 10.7 Å². The number of hydrogen-bond acceptors (Lipinski definition) is 3. The van der Waals surface area contributed by atoms with Crippen LogP contribution in [-0.4, -0.2) is 13.1 Å². The monoisotopic (exact) mass is 271 g/mol. The normalized spacial score (nSPS) is 17.2. The molecular weight excluding hydrogens is 253 g/mol. The van der Waals surface area contributed by atoms with Crippen LogP contribution in [0.3, 0.4) is 0 Å². The van der Waals surface area contributed by atoms with Crippen LogP contribution in [0.4, 0.5) is 21.5 Å². The molecule has 1 fully saturated rings. The fourth-order valence-corrected chi connectivity index (χ4v) is 2.69. The third kappa shape index (κ3) is 2.34. The van der Waals surface area contributed by atoms with E-state index in [9.17, 15) is 4.39 Å². The van der Waals surface area contributed by atoms with Crippen molar-refractivity contribution in [1.82, 2.24) is 0 Å². The number of hydrogen-bond donors (Lipinski definition) is 2. The van der Waals surface area contributed by atoms with Gasteiger partial charge in [-0.2, -0.15) is 0 Å². The van der Waals surface area contributed by atoms with Crippen LogP contribution in [0, 0.1) is 11.7 Å². The van der Waals surface area contributed by atoms with Crippen molar-refractivity contribution >= 4 is 28.7 Å². The third-order valence-corrected chi connectivity index (χ3v) is 4.13. The number of nitrogens with two attached hydrogens (primary N) is 2. The molecule has 1 aliphatic rings. The number of nitrogen functional groups attached to an aromatic ring is 2. The molecule has 0 aliphatic carbocycles. The molecule has 1 heterocycles. The molecule has 1 saturated heterocycles. The highest BCUT2D eigenvalue weighted by molar-refractivity contribution is 6.33. The molecule has 0 spiro atoms. The molecule has 0 aromatic heterocycles. The summed E-state index contributed by atoms with van der Waals surface area (Å²) in [5, 5.41) is -0.0307. The molecule has 1 aromatic carbocycles. The van der Waals surface area contributed by atoms with E-state index in [1.54, 1.807) is 0 Å². The Kier molecular flexibility index (Phi) is 3.85. The molecule has 0 bridgehead atoms. The summed E-state index contributed by atoms with van der Waals surface area (Å²) in [7, 11) is 0. The van der Waals surface area contributed by atoms with E-state index in [0.29, 0.717) is 11.4 Å². The molecule has 0 amide bonds. The quantitative estimate of drug-likeness (QED) is 0.812. The molecule has 1 aliphatic heterocycles. The van der Waals surface area contributed by atoms with Crippen LogP contribution in [0.1, 0.15) is 26.2 Å². The lowest BCUT2D eigenvalue weighted by Crippen LogP contribution is -2.34. The highest BCUT2D eigenvalue weighted by Crippen LogP contribution is 2.37. The lowest BCUT2D eigenvalue weighted by atomic mass is 9.94. The average molecular weight is 272 g/mol. The number of nitrogens with zero attached hydrogens (tertiary/aromatic N) is 1. The smallest absolute Gasteiger partial charge is 0.169 e. The molecule has 18 heavy (non-hydrogen) atoms. The predicted molar refractivity (Wildman–Crippen MR) is 75.5 cm³/mol. The Labute approximate surface area is 112 Å². The zero-order valence-corrected chi connectivity index (χ0v) is 11.3. The fourth-order valence-electron chi connectivity index (χ4n) is 2.54. The first-order valence-electron chi connectivity index (χ1n) is 6.32. The van der Waals surface area contributed by atoms with E-state index in [1.807, 2.05) is 4.90 Å². The van der Waals surface area contributed by atoms with Crippen molar-refractivity contribution in [2.24, 2.45) is 5.92 Å². The van der Waals surface area contributed by atoms with Crippen molar-refractivity contribution in [3.63, 3.8) is 0 Å². The topological polar surface area (TPSA) is 55.3 Å². The largest absolute Gasteiger partial charge is 0.397 e. The first-order chi connectivity index (χ1) is 8.54. The number of piperidine rings is 1. The second-order valence-electron chi connectivity index (χ2n) is 4.87. The molecule has 3 nitrogen and oxygen atoms in total. The summed E-state index contributed by atoms with van der Waals surface area (Å²) in [6.45, 7) is 3.83. The van der Waals surface area contributed by atoms with Crippen LogP contribution in [-0.2, 0) is 0 Å². The summed E-state index contributed by atoms with van der Waals surface area (Å²) in [4.78, 5) is 1.97. The van der Waals surface area contributed by atoms with Crippen molar-refractivity contribution in [2.45, 2.75) is 26.2 Å². The second kappa shape index (κ2) is 5.22. The van der Waals surface area contributed by atoms with Gasteiger partial charge in [-0.15, -0.1) is 0 Å².